The first kappa shape index (κ1) is 24.4. The minimum absolute atomic E-state index is 0.150. The SMILES string of the molecule is CCOC(=O)c1sc2nc(CN3CCCCC3)nc(NC(C)C(O)c3ccc(O)cc3)c2c1C. The van der Waals surface area contributed by atoms with Crippen LogP contribution in [-0.4, -0.2) is 56.8 Å². The molecule has 34 heavy (non-hydrogen) atoms. The molecule has 3 heterocycles. The van der Waals surface area contributed by atoms with Gasteiger partial charge in [-0.15, -0.1) is 11.3 Å². The average Bonchev–Trinajstić information content (AvgIpc) is 3.16. The number of nitrogens with one attached hydrogen (secondary N) is 1. The number of hydrogen-bond acceptors (Lipinski definition) is 9. The zero-order valence-electron chi connectivity index (χ0n) is 19.9. The van der Waals surface area contributed by atoms with E-state index in [1.165, 1.54) is 30.6 Å². The third-order valence-electron chi connectivity index (χ3n) is 6.18. The van der Waals surface area contributed by atoms with Crippen molar-refractivity contribution in [1.82, 2.24) is 14.9 Å². The van der Waals surface area contributed by atoms with Gasteiger partial charge in [0.05, 0.1) is 30.7 Å². The monoisotopic (exact) mass is 484 g/mol. The Morgan fingerprint density at radius 2 is 1.91 bits per heavy atom. The Morgan fingerprint density at radius 1 is 1.21 bits per heavy atom. The van der Waals surface area contributed by atoms with Crippen LogP contribution in [-0.2, 0) is 11.3 Å². The van der Waals surface area contributed by atoms with Gasteiger partial charge in [-0.2, -0.15) is 0 Å². The molecule has 0 aliphatic carbocycles. The van der Waals surface area contributed by atoms with Crippen LogP contribution in [0.3, 0.4) is 0 Å². The van der Waals surface area contributed by atoms with Crippen molar-refractivity contribution in [3.8, 4) is 5.75 Å². The Bertz CT molecular complexity index is 1140. The number of anilines is 1. The quantitative estimate of drug-likeness (QED) is 0.404. The van der Waals surface area contributed by atoms with Crippen LogP contribution in [0.15, 0.2) is 24.3 Å². The van der Waals surface area contributed by atoms with Crippen molar-refractivity contribution in [3.05, 3.63) is 46.1 Å². The number of esters is 1. The number of aromatic nitrogens is 2. The normalized spacial score (nSPS) is 16.4. The van der Waals surface area contributed by atoms with E-state index in [0.29, 0.717) is 35.2 Å². The van der Waals surface area contributed by atoms with E-state index in [2.05, 4.69) is 10.2 Å². The van der Waals surface area contributed by atoms with Crippen LogP contribution in [0.1, 0.15) is 65.8 Å². The molecule has 1 saturated heterocycles. The number of ether oxygens (including phenoxy) is 1. The summed E-state index contributed by atoms with van der Waals surface area (Å²) in [5.41, 5.74) is 1.46. The molecule has 8 nitrogen and oxygen atoms in total. The molecule has 2 aromatic heterocycles. The molecular weight excluding hydrogens is 452 g/mol. The van der Waals surface area contributed by atoms with Crippen molar-refractivity contribution in [2.45, 2.75) is 58.7 Å². The number of carbonyl (C=O) groups excluding carboxylic acids is 1. The standard InChI is InChI=1S/C25H32N4O4S/c1-4-33-25(32)22-15(2)20-23(26-16(3)21(31)17-8-10-18(30)11-9-17)27-19(28-24(20)34-22)14-29-12-6-5-7-13-29/h8-11,16,21,30-31H,4-7,12-14H2,1-3H3,(H,26,27,28). The third-order valence-corrected chi connectivity index (χ3v) is 7.35. The van der Waals surface area contributed by atoms with E-state index in [-0.39, 0.29) is 17.8 Å². The molecule has 0 bridgehead atoms. The van der Waals surface area contributed by atoms with Gasteiger partial charge in [-0.05, 0) is 70.0 Å². The second-order valence-corrected chi connectivity index (χ2v) is 9.75. The van der Waals surface area contributed by atoms with Crippen molar-refractivity contribution < 1.29 is 19.7 Å². The number of phenolic OH excluding ortho intramolecular Hbond substituents is 1. The van der Waals surface area contributed by atoms with E-state index in [1.54, 1.807) is 31.2 Å². The lowest BCUT2D eigenvalue weighted by molar-refractivity contribution is 0.0531. The number of piperidine rings is 1. The number of aromatic hydroxyl groups is 1. The van der Waals surface area contributed by atoms with Crippen molar-refractivity contribution in [2.75, 3.05) is 25.0 Å². The lowest BCUT2D eigenvalue weighted by atomic mass is 10.0. The summed E-state index contributed by atoms with van der Waals surface area (Å²) in [6.45, 7) is 8.55. The van der Waals surface area contributed by atoms with Crippen LogP contribution >= 0.6 is 11.3 Å². The maximum Gasteiger partial charge on any atom is 0.348 e. The molecule has 1 fully saturated rings. The van der Waals surface area contributed by atoms with Gasteiger partial charge in [0.15, 0.2) is 0 Å². The molecule has 2 atom stereocenters. The Labute approximate surface area is 203 Å². The van der Waals surface area contributed by atoms with Crippen LogP contribution in [0.4, 0.5) is 5.82 Å². The summed E-state index contributed by atoms with van der Waals surface area (Å²) < 4.78 is 5.25. The number of benzene rings is 1. The van der Waals surface area contributed by atoms with Crippen molar-refractivity contribution >= 4 is 33.3 Å². The molecule has 3 N–H and O–H groups in total. The number of phenols is 1. The number of hydrogen-bond donors (Lipinski definition) is 3. The smallest absolute Gasteiger partial charge is 0.348 e. The first-order valence-electron chi connectivity index (χ1n) is 11.8. The predicted molar refractivity (Wildman–Crippen MR) is 133 cm³/mol. The maximum absolute atomic E-state index is 12.5. The summed E-state index contributed by atoms with van der Waals surface area (Å²) in [6, 6.07) is 6.13. The first-order chi connectivity index (χ1) is 16.4. The van der Waals surface area contributed by atoms with Crippen molar-refractivity contribution in [2.24, 2.45) is 0 Å². The highest BCUT2D eigenvalue weighted by atomic mass is 32.1. The molecule has 182 valence electrons. The fourth-order valence-electron chi connectivity index (χ4n) is 4.32. The number of fused-ring (bicyclic) bond motifs is 1. The minimum atomic E-state index is -0.820. The number of thiophene rings is 1. The average molecular weight is 485 g/mol. The van der Waals surface area contributed by atoms with Gasteiger partial charge < -0.3 is 20.3 Å². The minimum Gasteiger partial charge on any atom is -0.508 e. The predicted octanol–water partition coefficient (Wildman–Crippen LogP) is 4.40. The molecule has 0 saturated carbocycles. The lowest BCUT2D eigenvalue weighted by Crippen LogP contribution is -2.30. The molecule has 1 aromatic carbocycles. The second-order valence-electron chi connectivity index (χ2n) is 8.75. The van der Waals surface area contributed by atoms with Crippen LogP contribution in [0.25, 0.3) is 10.2 Å². The number of carbonyl (C=O) groups is 1. The lowest BCUT2D eigenvalue weighted by Gasteiger charge is -2.26. The van der Waals surface area contributed by atoms with Gasteiger partial charge in [0.25, 0.3) is 0 Å². The van der Waals surface area contributed by atoms with Crippen molar-refractivity contribution in [3.63, 3.8) is 0 Å². The number of rotatable bonds is 8. The molecule has 4 rings (SSSR count). The molecule has 1 aliphatic heterocycles. The van der Waals surface area contributed by atoms with Gasteiger partial charge in [0.2, 0.25) is 0 Å². The Balaban J connectivity index is 1.69. The summed E-state index contributed by atoms with van der Waals surface area (Å²) in [7, 11) is 0. The third kappa shape index (κ3) is 5.32. The second kappa shape index (κ2) is 10.7. The van der Waals surface area contributed by atoms with Gasteiger partial charge in [-0.25, -0.2) is 14.8 Å². The molecule has 1 aliphatic rings. The number of nitrogens with zero attached hydrogens (tertiary/aromatic N) is 3. The summed E-state index contributed by atoms with van der Waals surface area (Å²) in [6.07, 6.45) is 2.78. The van der Waals surface area contributed by atoms with E-state index in [0.717, 1.165) is 28.9 Å². The van der Waals surface area contributed by atoms with E-state index >= 15 is 0 Å². The van der Waals surface area contributed by atoms with E-state index < -0.39 is 6.10 Å². The maximum atomic E-state index is 12.5. The highest BCUT2D eigenvalue weighted by molar-refractivity contribution is 7.20. The molecule has 0 spiro atoms. The van der Waals surface area contributed by atoms with Crippen LogP contribution in [0, 0.1) is 6.92 Å². The Kier molecular flexibility index (Phi) is 7.65. The molecule has 2 unspecified atom stereocenters. The Hall–Kier alpha value is -2.75. The number of aliphatic hydroxyl groups excluding tert-OH is 1. The van der Waals surface area contributed by atoms with E-state index in [1.807, 2.05) is 13.8 Å². The zero-order valence-corrected chi connectivity index (χ0v) is 20.7. The highest BCUT2D eigenvalue weighted by Gasteiger charge is 2.25. The molecule has 0 radical (unpaired) electrons. The van der Waals surface area contributed by atoms with E-state index in [4.69, 9.17) is 14.7 Å². The summed E-state index contributed by atoms with van der Waals surface area (Å²) >= 11 is 1.32. The van der Waals surface area contributed by atoms with Gasteiger partial charge in [-0.1, -0.05) is 18.6 Å². The topological polar surface area (TPSA) is 108 Å². The van der Waals surface area contributed by atoms with Gasteiger partial charge >= 0.3 is 5.97 Å². The van der Waals surface area contributed by atoms with Gasteiger partial charge in [0.1, 0.15) is 27.1 Å². The summed E-state index contributed by atoms with van der Waals surface area (Å²) in [5.74, 6) is 1.09. The zero-order chi connectivity index (χ0) is 24.2. The molecule has 3 aromatic rings. The Morgan fingerprint density at radius 3 is 2.59 bits per heavy atom. The summed E-state index contributed by atoms with van der Waals surface area (Å²) in [4.78, 5) is 25.8. The highest BCUT2D eigenvalue weighted by Crippen LogP contribution is 2.35. The van der Waals surface area contributed by atoms with Gasteiger partial charge in [0, 0.05) is 0 Å². The molecule has 0 amide bonds. The van der Waals surface area contributed by atoms with Crippen LogP contribution in [0.5, 0.6) is 5.75 Å². The molecular formula is C25H32N4O4S. The van der Waals surface area contributed by atoms with Gasteiger partial charge in [-0.3, -0.25) is 4.90 Å². The molecule has 9 heteroatoms. The fraction of sp³-hybridized carbons (Fsp3) is 0.480. The van der Waals surface area contributed by atoms with Crippen LogP contribution < -0.4 is 5.32 Å². The first-order valence-corrected chi connectivity index (χ1v) is 12.6. The number of likely N-dealkylation sites (tertiary alicyclic amines) is 1. The van der Waals surface area contributed by atoms with Crippen LogP contribution in [0.2, 0.25) is 0 Å². The number of aryl methyl sites for hydroxylation is 1. The summed E-state index contributed by atoms with van der Waals surface area (Å²) in [5, 5.41) is 24.6. The number of aliphatic hydroxyl groups is 1. The largest absolute Gasteiger partial charge is 0.508 e. The van der Waals surface area contributed by atoms with Crippen molar-refractivity contribution in [1.29, 1.82) is 0 Å². The van der Waals surface area contributed by atoms with E-state index in [9.17, 15) is 15.0 Å². The fourth-order valence-corrected chi connectivity index (χ4v) is 5.42.